The first kappa shape index (κ1) is 19.9. The third-order valence-corrected chi connectivity index (χ3v) is 3.87. The Morgan fingerprint density at radius 1 is 1.52 bits per heavy atom. The zero-order chi connectivity index (χ0) is 17.6. The molecule has 0 fully saturated rings. The van der Waals surface area contributed by atoms with Crippen molar-refractivity contribution in [1.29, 1.82) is 0 Å². The van der Waals surface area contributed by atoms with Crippen LogP contribution in [0.25, 0.3) is 0 Å². The molecule has 1 heterocycles. The molecule has 9 heteroatoms. The van der Waals surface area contributed by atoms with Gasteiger partial charge in [0.05, 0.1) is 23.5 Å². The highest BCUT2D eigenvalue weighted by Gasteiger charge is 2.38. The topological polar surface area (TPSA) is 84.9 Å². The lowest BCUT2D eigenvalue weighted by Crippen LogP contribution is -2.49. The van der Waals surface area contributed by atoms with Crippen molar-refractivity contribution in [2.24, 2.45) is 0 Å². The van der Waals surface area contributed by atoms with E-state index in [0.717, 1.165) is 0 Å². The van der Waals surface area contributed by atoms with E-state index in [1.807, 2.05) is 6.92 Å². The third-order valence-electron chi connectivity index (χ3n) is 3.14. The monoisotopic (exact) mass is 363 g/mol. The van der Waals surface area contributed by atoms with Crippen molar-refractivity contribution in [3.63, 3.8) is 0 Å². The molecule has 0 saturated heterocycles. The van der Waals surface area contributed by atoms with Crippen LogP contribution in [-0.2, 0) is 19.0 Å². The van der Waals surface area contributed by atoms with Crippen molar-refractivity contribution in [1.82, 2.24) is 5.32 Å². The first-order valence-electron chi connectivity index (χ1n) is 7.25. The molecular formula is C14H20BCl2NO5. The minimum Gasteiger partial charge on any atom is -0.534 e. The minimum atomic E-state index is -1.30. The second-order valence-corrected chi connectivity index (χ2v) is 5.90. The Kier molecular flexibility index (Phi) is 7.95. The van der Waals surface area contributed by atoms with E-state index in [2.05, 4.69) is 5.32 Å². The predicted octanol–water partition coefficient (Wildman–Crippen LogP) is 1.89. The highest BCUT2D eigenvalue weighted by Crippen LogP contribution is 2.30. The number of carbonyl (C=O) groups is 2. The third kappa shape index (κ3) is 5.44. The number of alkyl halides is 1. The summed E-state index contributed by atoms with van der Waals surface area (Å²) in [6.07, 6.45) is 0.969. The van der Waals surface area contributed by atoms with Gasteiger partial charge in [-0.2, -0.15) is 0 Å². The van der Waals surface area contributed by atoms with Crippen LogP contribution in [0.3, 0.4) is 0 Å². The summed E-state index contributed by atoms with van der Waals surface area (Å²) in [6.45, 7) is 5.17. The van der Waals surface area contributed by atoms with Gasteiger partial charge in [0, 0.05) is 6.92 Å². The number of nitrogens with one attached hydrogen (secondary N) is 1. The van der Waals surface area contributed by atoms with Crippen molar-refractivity contribution in [2.75, 3.05) is 12.5 Å². The van der Waals surface area contributed by atoms with Crippen LogP contribution < -0.4 is 5.32 Å². The number of rotatable bonds is 6. The molecule has 0 radical (unpaired) electrons. The normalized spacial score (nSPS) is 19.0. The predicted molar refractivity (Wildman–Crippen MR) is 88.8 cm³/mol. The molecule has 2 N–H and O–H groups in total. The Morgan fingerprint density at radius 3 is 2.70 bits per heavy atom. The maximum atomic E-state index is 12.2. The average molecular weight is 364 g/mol. The van der Waals surface area contributed by atoms with Crippen molar-refractivity contribution in [3.8, 4) is 0 Å². The summed E-state index contributed by atoms with van der Waals surface area (Å²) in [5, 5.41) is 12.7. The van der Waals surface area contributed by atoms with Gasteiger partial charge in [-0.1, -0.05) is 18.5 Å². The number of allylic oxidation sites excluding steroid dienone is 1. The fourth-order valence-corrected chi connectivity index (χ4v) is 2.44. The lowest BCUT2D eigenvalue weighted by molar-refractivity contribution is -0.139. The lowest BCUT2D eigenvalue weighted by Gasteiger charge is -2.29. The molecule has 1 aliphatic rings. The minimum absolute atomic E-state index is 0.00735. The largest absolute Gasteiger partial charge is 0.547 e. The van der Waals surface area contributed by atoms with Gasteiger partial charge in [0.25, 0.3) is 0 Å². The van der Waals surface area contributed by atoms with Crippen molar-refractivity contribution in [2.45, 2.75) is 39.6 Å². The Morgan fingerprint density at radius 2 is 2.17 bits per heavy atom. The van der Waals surface area contributed by atoms with Crippen LogP contribution in [0.5, 0.6) is 0 Å². The summed E-state index contributed by atoms with van der Waals surface area (Å²) in [6, 6.07) is 0. The molecule has 1 amide bonds. The smallest absolute Gasteiger partial charge is 0.534 e. The first-order valence-corrected chi connectivity index (χ1v) is 8.16. The maximum absolute atomic E-state index is 12.2. The number of halogens is 2. The molecule has 0 aliphatic carbocycles. The van der Waals surface area contributed by atoms with Crippen LogP contribution in [0, 0.1) is 0 Å². The van der Waals surface area contributed by atoms with Crippen LogP contribution in [0.2, 0.25) is 0 Å². The second-order valence-electron chi connectivity index (χ2n) is 5.18. The molecule has 1 aliphatic heterocycles. The molecule has 0 saturated carbocycles. The van der Waals surface area contributed by atoms with Crippen LogP contribution in [-0.4, -0.2) is 42.4 Å². The van der Waals surface area contributed by atoms with Crippen molar-refractivity contribution >= 4 is 42.2 Å². The lowest BCUT2D eigenvalue weighted by atomic mass is 9.72. The Bertz CT molecular complexity index is 535. The second kappa shape index (κ2) is 9.20. The molecule has 0 unspecified atom stereocenters. The van der Waals surface area contributed by atoms with Gasteiger partial charge < -0.3 is 19.7 Å². The van der Waals surface area contributed by atoms with Crippen LogP contribution in [0.15, 0.2) is 21.9 Å². The zero-order valence-electron chi connectivity index (χ0n) is 13.3. The Labute approximate surface area is 145 Å². The summed E-state index contributed by atoms with van der Waals surface area (Å²) in [5.74, 6) is -1.49. The van der Waals surface area contributed by atoms with E-state index in [9.17, 15) is 14.6 Å². The van der Waals surface area contributed by atoms with E-state index in [1.165, 1.54) is 6.92 Å². The number of hydrogen-bond acceptors (Lipinski definition) is 5. The Balaban J connectivity index is 3.12. The van der Waals surface area contributed by atoms with Gasteiger partial charge in [-0.05, 0) is 25.3 Å². The molecular weight excluding hydrogens is 344 g/mol. The Hall–Kier alpha value is -1.18. The van der Waals surface area contributed by atoms with E-state index in [-0.39, 0.29) is 34.8 Å². The number of esters is 1. The number of hydrogen-bond donors (Lipinski definition) is 2. The molecule has 0 spiro atoms. The van der Waals surface area contributed by atoms with Gasteiger partial charge in [0.15, 0.2) is 0 Å². The summed E-state index contributed by atoms with van der Waals surface area (Å²) >= 11 is 11.8. The van der Waals surface area contributed by atoms with E-state index in [0.29, 0.717) is 18.4 Å². The molecule has 0 aromatic carbocycles. The van der Waals surface area contributed by atoms with E-state index >= 15 is 0 Å². The molecule has 0 bridgehead atoms. The SMILES string of the molecule is CCCOC(=O)/C(C1=C(C)C[C@H](NC(C)=O)B(O)O1)=C(\Cl)CCl. The molecule has 128 valence electrons. The molecule has 23 heavy (non-hydrogen) atoms. The summed E-state index contributed by atoms with van der Waals surface area (Å²) < 4.78 is 10.5. The van der Waals surface area contributed by atoms with Crippen LogP contribution in [0.4, 0.5) is 0 Å². The molecule has 0 aromatic rings. The van der Waals surface area contributed by atoms with Crippen molar-refractivity contribution in [3.05, 3.63) is 21.9 Å². The van der Waals surface area contributed by atoms with Gasteiger partial charge in [0.1, 0.15) is 11.3 Å². The number of amides is 1. The highest BCUT2D eigenvalue weighted by atomic mass is 35.5. The quantitative estimate of drug-likeness (QED) is 0.326. The van der Waals surface area contributed by atoms with E-state index in [1.54, 1.807) is 6.92 Å². The fourth-order valence-electron chi connectivity index (χ4n) is 2.14. The summed E-state index contributed by atoms with van der Waals surface area (Å²) in [5.41, 5.74) is 0.661. The summed E-state index contributed by atoms with van der Waals surface area (Å²) in [4.78, 5) is 23.4. The molecule has 6 nitrogen and oxygen atoms in total. The van der Waals surface area contributed by atoms with E-state index in [4.69, 9.17) is 32.6 Å². The number of ether oxygens (including phenoxy) is 1. The van der Waals surface area contributed by atoms with Crippen LogP contribution in [0.1, 0.15) is 33.6 Å². The molecule has 0 aromatic heterocycles. The molecule has 1 atom stereocenters. The van der Waals surface area contributed by atoms with Gasteiger partial charge in [-0.3, -0.25) is 4.79 Å². The number of carbonyl (C=O) groups excluding carboxylic acids is 2. The fraction of sp³-hybridized carbons (Fsp3) is 0.571. The first-order chi connectivity index (χ1) is 10.8. The highest BCUT2D eigenvalue weighted by molar-refractivity contribution is 6.46. The van der Waals surface area contributed by atoms with Gasteiger partial charge >= 0.3 is 13.1 Å². The molecule has 1 rings (SSSR count). The van der Waals surface area contributed by atoms with Gasteiger partial charge in [-0.25, -0.2) is 4.79 Å². The maximum Gasteiger partial charge on any atom is 0.547 e. The standard InChI is InChI=1S/C14H20BCl2NO5/c1-4-5-22-14(20)12(10(17)7-16)13-8(2)6-11(15(21)23-13)18-9(3)19/h11,21H,4-7H2,1-3H3,(H,18,19)/b12-10-/t11-/m0/s1. The van der Waals surface area contributed by atoms with E-state index < -0.39 is 19.0 Å². The van der Waals surface area contributed by atoms with Gasteiger partial charge in [0.2, 0.25) is 5.91 Å². The van der Waals surface area contributed by atoms with Crippen LogP contribution >= 0.6 is 23.2 Å². The van der Waals surface area contributed by atoms with Gasteiger partial charge in [-0.15, -0.1) is 11.6 Å². The summed E-state index contributed by atoms with van der Waals surface area (Å²) in [7, 11) is -1.30. The zero-order valence-corrected chi connectivity index (χ0v) is 14.8. The van der Waals surface area contributed by atoms with Crippen molar-refractivity contribution < 1.29 is 24.0 Å². The average Bonchev–Trinajstić information content (AvgIpc) is 2.49.